The first-order chi connectivity index (χ1) is 16.8. The van der Waals surface area contributed by atoms with Crippen molar-refractivity contribution in [2.75, 3.05) is 39.4 Å². The maximum absolute atomic E-state index is 13.6. The normalized spacial score (nSPS) is 20.6. The van der Waals surface area contributed by atoms with E-state index >= 15 is 0 Å². The molecule has 0 bridgehead atoms. The standard InChI is InChI=1S/C27H31FN2O5/c1-18(2)35-22-10-6-20(7-11-22)25(31)23-24(19-4-8-21(28)9-5-19)30(27(33)26(23)32)13-3-12-29-14-16-34-17-15-29/h4-11,18,24,31H,3,12-17H2,1-2H3/b25-23-. The Kier molecular flexibility index (Phi) is 7.83. The van der Waals surface area contributed by atoms with E-state index in [1.54, 1.807) is 36.4 Å². The zero-order valence-corrected chi connectivity index (χ0v) is 20.1. The molecule has 2 aliphatic heterocycles. The first-order valence-electron chi connectivity index (χ1n) is 12.0. The Bertz CT molecular complexity index is 1080. The molecule has 0 aromatic heterocycles. The number of hydrogen-bond acceptors (Lipinski definition) is 6. The van der Waals surface area contributed by atoms with E-state index < -0.39 is 23.5 Å². The third-order valence-electron chi connectivity index (χ3n) is 6.20. The summed E-state index contributed by atoms with van der Waals surface area (Å²) in [7, 11) is 0. The number of morpholine rings is 1. The van der Waals surface area contributed by atoms with E-state index in [1.165, 1.54) is 17.0 Å². The molecular weight excluding hydrogens is 451 g/mol. The number of Topliss-reactive ketones (excluding diaryl/α,β-unsaturated/α-hetero) is 1. The number of ether oxygens (including phenoxy) is 2. The van der Waals surface area contributed by atoms with Gasteiger partial charge in [-0.3, -0.25) is 14.5 Å². The van der Waals surface area contributed by atoms with E-state index in [1.807, 2.05) is 13.8 Å². The van der Waals surface area contributed by atoms with Crippen LogP contribution in [0.25, 0.3) is 5.76 Å². The van der Waals surface area contributed by atoms with Crippen LogP contribution in [0.1, 0.15) is 37.4 Å². The van der Waals surface area contributed by atoms with E-state index in [9.17, 15) is 19.1 Å². The smallest absolute Gasteiger partial charge is 0.295 e. The summed E-state index contributed by atoms with van der Waals surface area (Å²) in [5, 5.41) is 11.2. The maximum atomic E-state index is 13.6. The molecule has 0 aliphatic carbocycles. The van der Waals surface area contributed by atoms with Crippen LogP contribution in [-0.2, 0) is 14.3 Å². The zero-order valence-electron chi connectivity index (χ0n) is 20.1. The Balaban J connectivity index is 1.64. The number of benzene rings is 2. The second kappa shape index (κ2) is 11.0. The second-order valence-corrected chi connectivity index (χ2v) is 9.04. The lowest BCUT2D eigenvalue weighted by molar-refractivity contribution is -0.140. The van der Waals surface area contributed by atoms with Crippen molar-refractivity contribution in [3.63, 3.8) is 0 Å². The van der Waals surface area contributed by atoms with Crippen LogP contribution in [0.4, 0.5) is 4.39 Å². The van der Waals surface area contributed by atoms with Crippen LogP contribution < -0.4 is 4.74 Å². The van der Waals surface area contributed by atoms with Gasteiger partial charge < -0.3 is 19.5 Å². The summed E-state index contributed by atoms with van der Waals surface area (Å²) in [5.74, 6) is -1.45. The van der Waals surface area contributed by atoms with Crippen LogP contribution in [-0.4, -0.2) is 72.1 Å². The minimum atomic E-state index is -0.799. The Morgan fingerprint density at radius 2 is 1.71 bits per heavy atom. The maximum Gasteiger partial charge on any atom is 0.295 e. The highest BCUT2D eigenvalue weighted by molar-refractivity contribution is 6.46. The van der Waals surface area contributed by atoms with Gasteiger partial charge in [0.15, 0.2) is 0 Å². The number of carbonyl (C=O) groups is 2. The van der Waals surface area contributed by atoms with Gasteiger partial charge in [-0.1, -0.05) is 12.1 Å². The average molecular weight is 483 g/mol. The van der Waals surface area contributed by atoms with Crippen LogP contribution >= 0.6 is 0 Å². The molecule has 1 N–H and O–H groups in total. The van der Waals surface area contributed by atoms with Gasteiger partial charge in [-0.25, -0.2) is 4.39 Å². The van der Waals surface area contributed by atoms with Crippen LogP contribution in [0.15, 0.2) is 54.1 Å². The molecular formula is C27H31FN2O5. The Labute approximate surface area is 204 Å². The Morgan fingerprint density at radius 3 is 2.34 bits per heavy atom. The Morgan fingerprint density at radius 1 is 1.06 bits per heavy atom. The highest BCUT2D eigenvalue weighted by atomic mass is 19.1. The number of likely N-dealkylation sites (tertiary alicyclic amines) is 1. The quantitative estimate of drug-likeness (QED) is 0.351. The van der Waals surface area contributed by atoms with Crippen molar-refractivity contribution < 1.29 is 28.6 Å². The molecule has 2 saturated heterocycles. The molecule has 0 radical (unpaired) electrons. The molecule has 7 nitrogen and oxygen atoms in total. The molecule has 2 aliphatic rings. The van der Waals surface area contributed by atoms with Gasteiger partial charge in [0.2, 0.25) is 0 Å². The highest BCUT2D eigenvalue weighted by Crippen LogP contribution is 2.39. The van der Waals surface area contributed by atoms with Crippen molar-refractivity contribution in [3.05, 3.63) is 71.0 Å². The first kappa shape index (κ1) is 24.9. The number of nitrogens with zero attached hydrogens (tertiary/aromatic N) is 2. The zero-order chi connectivity index (χ0) is 24.9. The van der Waals surface area contributed by atoms with Crippen LogP contribution in [0, 0.1) is 5.82 Å². The molecule has 35 heavy (non-hydrogen) atoms. The third-order valence-corrected chi connectivity index (χ3v) is 6.20. The molecule has 2 heterocycles. The monoisotopic (exact) mass is 482 g/mol. The van der Waals surface area contributed by atoms with Gasteiger partial charge in [0.1, 0.15) is 17.3 Å². The molecule has 2 aromatic carbocycles. The summed E-state index contributed by atoms with van der Waals surface area (Å²) >= 11 is 0. The van der Waals surface area contributed by atoms with E-state index in [0.717, 1.165) is 19.6 Å². The summed E-state index contributed by atoms with van der Waals surface area (Å²) in [6, 6.07) is 11.6. The van der Waals surface area contributed by atoms with Crippen molar-refractivity contribution in [2.24, 2.45) is 0 Å². The van der Waals surface area contributed by atoms with Crippen molar-refractivity contribution >= 4 is 17.4 Å². The van der Waals surface area contributed by atoms with Gasteiger partial charge >= 0.3 is 0 Å². The van der Waals surface area contributed by atoms with E-state index in [2.05, 4.69) is 4.90 Å². The van der Waals surface area contributed by atoms with Gasteiger partial charge in [-0.05, 0) is 62.2 Å². The molecule has 2 fully saturated rings. The van der Waals surface area contributed by atoms with Gasteiger partial charge in [-0.15, -0.1) is 0 Å². The number of hydrogen-bond donors (Lipinski definition) is 1. The molecule has 1 amide bonds. The second-order valence-electron chi connectivity index (χ2n) is 9.04. The number of aliphatic hydroxyl groups is 1. The minimum Gasteiger partial charge on any atom is -0.507 e. The van der Waals surface area contributed by atoms with E-state index in [4.69, 9.17) is 9.47 Å². The minimum absolute atomic E-state index is 0.00397. The highest BCUT2D eigenvalue weighted by Gasteiger charge is 2.45. The third kappa shape index (κ3) is 5.71. The van der Waals surface area contributed by atoms with E-state index in [-0.39, 0.29) is 17.4 Å². The lowest BCUT2D eigenvalue weighted by Gasteiger charge is -2.29. The largest absolute Gasteiger partial charge is 0.507 e. The molecule has 8 heteroatoms. The topological polar surface area (TPSA) is 79.3 Å². The van der Waals surface area contributed by atoms with E-state index in [0.29, 0.717) is 43.1 Å². The van der Waals surface area contributed by atoms with Gasteiger partial charge in [0.05, 0.1) is 30.9 Å². The van der Waals surface area contributed by atoms with Gasteiger partial charge in [-0.2, -0.15) is 0 Å². The fourth-order valence-corrected chi connectivity index (χ4v) is 4.51. The average Bonchev–Trinajstić information content (AvgIpc) is 3.10. The molecule has 1 atom stereocenters. The van der Waals surface area contributed by atoms with Gasteiger partial charge in [0.25, 0.3) is 11.7 Å². The number of rotatable bonds is 8. The molecule has 0 saturated carbocycles. The molecule has 186 valence electrons. The summed E-state index contributed by atoms with van der Waals surface area (Å²) in [6.45, 7) is 7.95. The number of amides is 1. The number of ketones is 1. The van der Waals surface area contributed by atoms with Crippen LogP contribution in [0.5, 0.6) is 5.75 Å². The number of halogens is 1. The van der Waals surface area contributed by atoms with Crippen molar-refractivity contribution in [1.82, 2.24) is 9.80 Å². The summed E-state index contributed by atoms with van der Waals surface area (Å²) in [4.78, 5) is 29.9. The molecule has 2 aromatic rings. The fourth-order valence-electron chi connectivity index (χ4n) is 4.51. The SMILES string of the molecule is CC(C)Oc1ccc(/C(O)=C2/C(=O)C(=O)N(CCCN3CCOCC3)C2c2ccc(F)cc2)cc1. The summed E-state index contributed by atoms with van der Waals surface area (Å²) < 4.78 is 24.7. The predicted molar refractivity (Wildman–Crippen MR) is 129 cm³/mol. The van der Waals surface area contributed by atoms with Crippen molar-refractivity contribution in [1.29, 1.82) is 0 Å². The molecule has 4 rings (SSSR count). The Hall–Kier alpha value is -3.23. The molecule has 1 unspecified atom stereocenters. The van der Waals surface area contributed by atoms with Crippen molar-refractivity contribution in [2.45, 2.75) is 32.4 Å². The lowest BCUT2D eigenvalue weighted by Crippen LogP contribution is -2.38. The van der Waals surface area contributed by atoms with Crippen LogP contribution in [0.3, 0.4) is 0 Å². The first-order valence-corrected chi connectivity index (χ1v) is 12.0. The summed E-state index contributed by atoms with van der Waals surface area (Å²) in [5.41, 5.74) is 0.975. The van der Waals surface area contributed by atoms with Gasteiger partial charge in [0, 0.05) is 31.7 Å². The predicted octanol–water partition coefficient (Wildman–Crippen LogP) is 3.76. The molecule has 0 spiro atoms. The summed E-state index contributed by atoms with van der Waals surface area (Å²) in [6.07, 6.45) is 0.655. The van der Waals surface area contributed by atoms with Crippen molar-refractivity contribution in [3.8, 4) is 5.75 Å². The number of aliphatic hydroxyl groups excluding tert-OH is 1. The lowest BCUT2D eigenvalue weighted by atomic mass is 9.95. The van der Waals surface area contributed by atoms with Crippen LogP contribution in [0.2, 0.25) is 0 Å². The number of carbonyl (C=O) groups excluding carboxylic acids is 2. The fraction of sp³-hybridized carbons (Fsp3) is 0.407.